The first-order valence-corrected chi connectivity index (χ1v) is 8.96. The number of pyridine rings is 2. The Morgan fingerprint density at radius 3 is 2.38 bits per heavy atom. The molecule has 0 aromatic carbocycles. The van der Waals surface area contributed by atoms with Gasteiger partial charge in [0.25, 0.3) is 0 Å². The van der Waals surface area contributed by atoms with E-state index in [-0.39, 0.29) is 10.8 Å². The van der Waals surface area contributed by atoms with Crippen molar-refractivity contribution in [1.29, 1.82) is 0 Å². The van der Waals surface area contributed by atoms with E-state index in [9.17, 15) is 0 Å². The summed E-state index contributed by atoms with van der Waals surface area (Å²) in [5.74, 6) is 1.91. The van der Waals surface area contributed by atoms with E-state index in [1.165, 1.54) is 0 Å². The van der Waals surface area contributed by atoms with Crippen molar-refractivity contribution in [3.8, 4) is 0 Å². The van der Waals surface area contributed by atoms with Crippen molar-refractivity contribution in [2.24, 2.45) is 0 Å². The van der Waals surface area contributed by atoms with Gasteiger partial charge in [0.2, 0.25) is 5.71 Å². The molecule has 0 aliphatic rings. The number of hydrogen-bond donors (Lipinski definition) is 0. The lowest BCUT2D eigenvalue weighted by Crippen LogP contribution is -2.20. The van der Waals surface area contributed by atoms with Crippen LogP contribution in [0.4, 0.5) is 0 Å². The van der Waals surface area contributed by atoms with Gasteiger partial charge in [-0.15, -0.1) is 0 Å². The van der Waals surface area contributed by atoms with Crippen LogP contribution >= 0.6 is 0 Å². The summed E-state index contributed by atoms with van der Waals surface area (Å²) in [6.07, 6.45) is 4.36. The van der Waals surface area contributed by atoms with Gasteiger partial charge in [-0.3, -0.25) is 4.98 Å². The lowest BCUT2D eigenvalue weighted by Gasteiger charge is -2.21. The van der Waals surface area contributed by atoms with E-state index in [1.54, 1.807) is 6.20 Å². The normalized spacial score (nSPS) is 13.0. The zero-order chi connectivity index (χ0) is 18.5. The van der Waals surface area contributed by atoms with E-state index >= 15 is 0 Å². The standard InChI is InChI=1S/C22H24N2O2/c1-21(2,3)18-11-15-9-16(24-13-17(15)25-18)12-22(4,5)19-10-14-7-6-8-23-20(14)26-19/h6-11,13H,12H2,1-5H3. The molecule has 134 valence electrons. The number of rotatable bonds is 3. The fourth-order valence-electron chi connectivity index (χ4n) is 3.20. The van der Waals surface area contributed by atoms with Crippen molar-refractivity contribution in [2.45, 2.75) is 51.9 Å². The minimum absolute atomic E-state index is 0.0142. The third-order valence-electron chi connectivity index (χ3n) is 4.78. The summed E-state index contributed by atoms with van der Waals surface area (Å²) in [4.78, 5) is 8.91. The Morgan fingerprint density at radius 2 is 1.65 bits per heavy atom. The summed E-state index contributed by atoms with van der Waals surface area (Å²) >= 11 is 0. The first-order chi connectivity index (χ1) is 12.2. The molecule has 0 N–H and O–H groups in total. The number of nitrogens with zero attached hydrogens (tertiary/aromatic N) is 2. The van der Waals surface area contributed by atoms with E-state index in [4.69, 9.17) is 8.83 Å². The minimum atomic E-state index is -0.183. The van der Waals surface area contributed by atoms with Gasteiger partial charge in [-0.2, -0.15) is 0 Å². The van der Waals surface area contributed by atoms with E-state index in [0.29, 0.717) is 5.71 Å². The summed E-state index contributed by atoms with van der Waals surface area (Å²) in [6, 6.07) is 10.3. The summed E-state index contributed by atoms with van der Waals surface area (Å²) in [5.41, 5.74) is 2.35. The van der Waals surface area contributed by atoms with Crippen molar-refractivity contribution < 1.29 is 8.83 Å². The Morgan fingerprint density at radius 1 is 0.885 bits per heavy atom. The van der Waals surface area contributed by atoms with Gasteiger partial charge in [-0.25, -0.2) is 4.98 Å². The van der Waals surface area contributed by atoms with Crippen LogP contribution in [0.5, 0.6) is 0 Å². The Hall–Kier alpha value is -2.62. The number of fused-ring (bicyclic) bond motifs is 2. The number of aromatic nitrogens is 2. The molecule has 0 unspecified atom stereocenters. The van der Waals surface area contributed by atoms with E-state index in [2.05, 4.69) is 62.8 Å². The summed E-state index contributed by atoms with van der Waals surface area (Å²) in [7, 11) is 0. The maximum absolute atomic E-state index is 5.98. The van der Waals surface area contributed by atoms with Gasteiger partial charge in [0, 0.05) is 39.9 Å². The maximum atomic E-state index is 5.98. The van der Waals surface area contributed by atoms with Crippen molar-refractivity contribution in [1.82, 2.24) is 9.97 Å². The highest BCUT2D eigenvalue weighted by molar-refractivity contribution is 5.78. The predicted molar refractivity (Wildman–Crippen MR) is 103 cm³/mol. The largest absolute Gasteiger partial charge is 0.459 e. The monoisotopic (exact) mass is 348 g/mol. The van der Waals surface area contributed by atoms with Gasteiger partial charge in [0.05, 0.1) is 6.20 Å². The van der Waals surface area contributed by atoms with Crippen LogP contribution in [0.2, 0.25) is 0 Å². The molecule has 0 fully saturated rings. The number of hydrogen-bond acceptors (Lipinski definition) is 4. The zero-order valence-corrected chi connectivity index (χ0v) is 16.0. The predicted octanol–water partition coefficient (Wildman–Crippen LogP) is 5.79. The van der Waals surface area contributed by atoms with Gasteiger partial charge in [0.15, 0.2) is 5.58 Å². The van der Waals surface area contributed by atoms with Crippen LogP contribution < -0.4 is 0 Å². The molecule has 0 atom stereocenters. The zero-order valence-electron chi connectivity index (χ0n) is 16.0. The smallest absolute Gasteiger partial charge is 0.226 e. The van der Waals surface area contributed by atoms with Crippen molar-refractivity contribution >= 4 is 22.1 Å². The average molecular weight is 348 g/mol. The molecule has 4 rings (SSSR count). The molecule has 26 heavy (non-hydrogen) atoms. The topological polar surface area (TPSA) is 52.1 Å². The lowest BCUT2D eigenvalue weighted by molar-refractivity contribution is 0.393. The molecule has 0 aliphatic heterocycles. The highest BCUT2D eigenvalue weighted by Gasteiger charge is 2.27. The summed E-state index contributed by atoms with van der Waals surface area (Å²) < 4.78 is 11.9. The van der Waals surface area contributed by atoms with Crippen LogP contribution in [0.25, 0.3) is 22.1 Å². The fraction of sp³-hybridized carbons (Fsp3) is 0.364. The molecule has 0 saturated carbocycles. The van der Waals surface area contributed by atoms with Gasteiger partial charge in [-0.1, -0.05) is 34.6 Å². The van der Waals surface area contributed by atoms with Gasteiger partial charge < -0.3 is 8.83 Å². The van der Waals surface area contributed by atoms with Crippen LogP contribution in [0.1, 0.15) is 51.8 Å². The Balaban J connectivity index is 1.66. The van der Waals surface area contributed by atoms with Gasteiger partial charge in [0.1, 0.15) is 11.5 Å². The summed E-state index contributed by atoms with van der Waals surface area (Å²) in [6.45, 7) is 10.8. The van der Waals surface area contributed by atoms with Crippen molar-refractivity contribution in [2.75, 3.05) is 0 Å². The molecule has 0 bridgehead atoms. The van der Waals surface area contributed by atoms with E-state index in [0.717, 1.165) is 40.0 Å². The maximum Gasteiger partial charge on any atom is 0.226 e. The molecule has 0 radical (unpaired) electrons. The molecule has 0 amide bonds. The van der Waals surface area contributed by atoms with Crippen LogP contribution in [0.3, 0.4) is 0 Å². The molecule has 4 heteroatoms. The summed E-state index contributed by atoms with van der Waals surface area (Å²) in [5, 5.41) is 2.13. The lowest BCUT2D eigenvalue weighted by atomic mass is 9.84. The third-order valence-corrected chi connectivity index (χ3v) is 4.78. The van der Waals surface area contributed by atoms with E-state index < -0.39 is 0 Å². The minimum Gasteiger partial charge on any atom is -0.459 e. The molecule has 4 nitrogen and oxygen atoms in total. The Kier molecular flexibility index (Phi) is 3.69. The quantitative estimate of drug-likeness (QED) is 0.470. The second-order valence-corrected chi connectivity index (χ2v) is 8.64. The molecular formula is C22H24N2O2. The Bertz CT molecular complexity index is 1050. The molecule has 4 aromatic heterocycles. The number of furan rings is 2. The van der Waals surface area contributed by atoms with Crippen LogP contribution in [-0.4, -0.2) is 9.97 Å². The first kappa shape index (κ1) is 16.8. The van der Waals surface area contributed by atoms with Crippen molar-refractivity contribution in [3.63, 3.8) is 0 Å². The van der Waals surface area contributed by atoms with Crippen molar-refractivity contribution in [3.05, 3.63) is 59.9 Å². The highest BCUT2D eigenvalue weighted by atomic mass is 16.3. The molecule has 4 aromatic rings. The molecule has 4 heterocycles. The molecular weight excluding hydrogens is 324 g/mol. The van der Waals surface area contributed by atoms with Crippen LogP contribution in [0, 0.1) is 0 Å². The molecule has 0 saturated heterocycles. The van der Waals surface area contributed by atoms with Crippen LogP contribution in [-0.2, 0) is 17.3 Å². The molecule has 0 spiro atoms. The third kappa shape index (κ3) is 3.00. The van der Waals surface area contributed by atoms with E-state index in [1.807, 2.05) is 18.3 Å². The average Bonchev–Trinajstić information content (AvgIpc) is 3.18. The van der Waals surface area contributed by atoms with Gasteiger partial charge in [-0.05, 0) is 30.3 Å². The van der Waals surface area contributed by atoms with Gasteiger partial charge >= 0.3 is 0 Å². The Labute approximate surface area is 153 Å². The molecule has 0 aliphatic carbocycles. The highest BCUT2D eigenvalue weighted by Crippen LogP contribution is 2.33. The van der Waals surface area contributed by atoms with Crippen LogP contribution in [0.15, 0.2) is 51.6 Å². The second kappa shape index (κ2) is 5.70. The SMILES string of the molecule is CC(C)(C)c1cc2cc(CC(C)(C)c3cc4cccnc4o3)ncc2o1. The first-order valence-electron chi connectivity index (χ1n) is 8.96. The second-order valence-electron chi connectivity index (χ2n) is 8.64. The fourth-order valence-corrected chi connectivity index (χ4v) is 3.20.